The molecular formula is C19H20ClF3N4O. The van der Waals surface area contributed by atoms with Gasteiger partial charge in [0.25, 0.3) is 0 Å². The molecule has 3 heterocycles. The monoisotopic (exact) mass is 412 g/mol. The van der Waals surface area contributed by atoms with Gasteiger partial charge >= 0.3 is 6.18 Å². The summed E-state index contributed by atoms with van der Waals surface area (Å²) in [6, 6.07) is 3.50. The number of hydrogen-bond donors (Lipinski definition) is 1. The third-order valence-electron chi connectivity index (χ3n) is 6.15. The number of halogens is 4. The van der Waals surface area contributed by atoms with Gasteiger partial charge in [0.05, 0.1) is 34.3 Å². The van der Waals surface area contributed by atoms with Crippen LogP contribution in [-0.4, -0.2) is 42.0 Å². The van der Waals surface area contributed by atoms with E-state index >= 15 is 0 Å². The molecule has 0 unspecified atom stereocenters. The van der Waals surface area contributed by atoms with E-state index in [4.69, 9.17) is 11.6 Å². The van der Waals surface area contributed by atoms with Crippen molar-refractivity contribution < 1.29 is 18.0 Å². The van der Waals surface area contributed by atoms with Crippen LogP contribution in [0.1, 0.15) is 31.2 Å². The molecule has 4 atom stereocenters. The molecule has 0 aliphatic carbocycles. The molecule has 3 aliphatic rings. The number of nitrogens with one attached hydrogen (secondary N) is 1. The van der Waals surface area contributed by atoms with Crippen LogP contribution in [0.3, 0.4) is 0 Å². The van der Waals surface area contributed by atoms with Crippen LogP contribution in [0.5, 0.6) is 0 Å². The van der Waals surface area contributed by atoms with Gasteiger partial charge in [-0.3, -0.25) is 4.79 Å². The third kappa shape index (κ3) is 3.37. The number of nitriles is 1. The van der Waals surface area contributed by atoms with E-state index in [-0.39, 0.29) is 35.0 Å². The summed E-state index contributed by atoms with van der Waals surface area (Å²) < 4.78 is 39.0. The van der Waals surface area contributed by atoms with Crippen LogP contribution in [0.15, 0.2) is 18.2 Å². The maximum absolute atomic E-state index is 13.0. The van der Waals surface area contributed by atoms with Crippen LogP contribution in [0, 0.1) is 17.4 Å². The van der Waals surface area contributed by atoms with Crippen LogP contribution in [0.25, 0.3) is 0 Å². The van der Waals surface area contributed by atoms with Gasteiger partial charge in [-0.1, -0.05) is 11.6 Å². The molecule has 5 nitrogen and oxygen atoms in total. The summed E-state index contributed by atoms with van der Waals surface area (Å²) in [6.07, 6.45) is 0.997. The van der Waals surface area contributed by atoms with Crippen molar-refractivity contribution in [3.63, 3.8) is 0 Å². The van der Waals surface area contributed by atoms with E-state index in [0.29, 0.717) is 25.2 Å². The van der Waals surface area contributed by atoms with Gasteiger partial charge in [-0.2, -0.15) is 18.4 Å². The molecule has 0 radical (unpaired) electrons. The number of anilines is 1. The molecule has 1 amide bonds. The largest absolute Gasteiger partial charge is 0.416 e. The maximum Gasteiger partial charge on any atom is 0.416 e. The first-order valence-corrected chi connectivity index (χ1v) is 9.76. The first-order valence-electron chi connectivity index (χ1n) is 9.38. The number of rotatable bonds is 3. The van der Waals surface area contributed by atoms with Crippen molar-refractivity contribution in [3.05, 3.63) is 28.8 Å². The smallest absolute Gasteiger partial charge is 0.369 e. The van der Waals surface area contributed by atoms with Gasteiger partial charge in [-0.05, 0) is 43.9 Å². The molecule has 3 aliphatic heterocycles. The molecule has 3 fully saturated rings. The molecule has 9 heteroatoms. The highest BCUT2D eigenvalue weighted by molar-refractivity contribution is 6.33. The number of alkyl halides is 3. The Morgan fingerprint density at radius 3 is 2.75 bits per heavy atom. The molecule has 0 aromatic heterocycles. The molecule has 0 saturated carbocycles. The van der Waals surface area contributed by atoms with E-state index in [1.165, 1.54) is 6.07 Å². The second-order valence-electron chi connectivity index (χ2n) is 7.75. The second-order valence-corrected chi connectivity index (χ2v) is 8.16. The molecule has 150 valence electrons. The van der Waals surface area contributed by atoms with Crippen molar-refractivity contribution >= 4 is 23.2 Å². The predicted octanol–water partition coefficient (Wildman–Crippen LogP) is 3.39. The highest BCUT2D eigenvalue weighted by atomic mass is 35.5. The first-order chi connectivity index (χ1) is 13.3. The summed E-state index contributed by atoms with van der Waals surface area (Å²) in [7, 11) is 0. The lowest BCUT2D eigenvalue weighted by molar-refractivity contribution is -0.137. The molecular weight excluding hydrogens is 393 g/mol. The fourth-order valence-electron chi connectivity index (χ4n) is 4.72. The number of amides is 1. The number of benzene rings is 1. The Morgan fingerprint density at radius 1 is 1.29 bits per heavy atom. The maximum atomic E-state index is 13.0. The molecule has 3 saturated heterocycles. The number of hydrogen-bond acceptors (Lipinski definition) is 4. The number of carbonyl (C=O) groups excluding carboxylic acids is 1. The lowest BCUT2D eigenvalue weighted by Gasteiger charge is -2.24. The zero-order valence-electron chi connectivity index (χ0n) is 15.0. The van der Waals surface area contributed by atoms with Crippen LogP contribution < -0.4 is 10.2 Å². The zero-order valence-corrected chi connectivity index (χ0v) is 15.8. The number of carbonyl (C=O) groups is 1. The Hall–Kier alpha value is -2.14. The Bertz CT molecular complexity index is 824. The van der Waals surface area contributed by atoms with E-state index in [1.54, 1.807) is 9.80 Å². The fourth-order valence-corrected chi connectivity index (χ4v) is 4.96. The average Bonchev–Trinajstić information content (AvgIpc) is 3.35. The van der Waals surface area contributed by atoms with Crippen molar-refractivity contribution in [3.8, 4) is 6.19 Å². The highest BCUT2D eigenvalue weighted by Gasteiger charge is 2.47. The summed E-state index contributed by atoms with van der Waals surface area (Å²) in [4.78, 5) is 16.2. The summed E-state index contributed by atoms with van der Waals surface area (Å²) in [5, 5.41) is 12.6. The van der Waals surface area contributed by atoms with Crippen LogP contribution >= 0.6 is 11.6 Å². The van der Waals surface area contributed by atoms with Gasteiger partial charge in [0, 0.05) is 19.1 Å². The lowest BCUT2D eigenvalue weighted by atomic mass is 9.95. The van der Waals surface area contributed by atoms with Crippen molar-refractivity contribution in [2.45, 2.75) is 50.0 Å². The summed E-state index contributed by atoms with van der Waals surface area (Å²) in [5.41, 5.74) is -0.444. The molecule has 0 spiro atoms. The minimum Gasteiger partial charge on any atom is -0.369 e. The fraction of sp³-hybridized carbons (Fsp3) is 0.579. The molecule has 2 bridgehead atoms. The summed E-state index contributed by atoms with van der Waals surface area (Å²) in [6.45, 7) is 0.801. The Labute approximate surface area is 166 Å². The van der Waals surface area contributed by atoms with Crippen LogP contribution in [-0.2, 0) is 11.0 Å². The predicted molar refractivity (Wildman–Crippen MR) is 97.6 cm³/mol. The lowest BCUT2D eigenvalue weighted by Crippen LogP contribution is -2.46. The number of nitrogens with zero attached hydrogens (tertiary/aromatic N) is 3. The van der Waals surface area contributed by atoms with Gasteiger partial charge in [0.15, 0.2) is 6.19 Å². The minimum absolute atomic E-state index is 0.0305. The summed E-state index contributed by atoms with van der Waals surface area (Å²) in [5.74, 6) is -0.402. The van der Waals surface area contributed by atoms with Gasteiger partial charge in [0.1, 0.15) is 0 Å². The van der Waals surface area contributed by atoms with Gasteiger partial charge in [-0.15, -0.1) is 0 Å². The zero-order chi connectivity index (χ0) is 20.1. The normalized spacial score (nSPS) is 29.2. The van der Waals surface area contributed by atoms with E-state index in [2.05, 4.69) is 11.5 Å². The summed E-state index contributed by atoms with van der Waals surface area (Å²) >= 11 is 6.12. The van der Waals surface area contributed by atoms with E-state index in [0.717, 1.165) is 31.4 Å². The second kappa shape index (κ2) is 7.03. The minimum atomic E-state index is -4.44. The standard InChI is InChI=1S/C19H20ClF3N4O/c20-14-3-1-12(19(21,22)23)7-17(14)26-6-5-11(9-26)18(28)25-15-8-13-2-4-16(15)27(13)10-24/h1,3,7,11,13,15-16H,2,4-6,8-9H2,(H,25,28)/t11-,13-,15+,16+/m0/s1. The average molecular weight is 413 g/mol. The number of fused-ring (bicyclic) bond motifs is 2. The molecule has 1 aromatic rings. The van der Waals surface area contributed by atoms with Crippen molar-refractivity contribution in [1.82, 2.24) is 10.2 Å². The molecule has 1 aromatic carbocycles. The third-order valence-corrected chi connectivity index (χ3v) is 6.47. The molecule has 4 rings (SSSR count). The van der Waals surface area contributed by atoms with E-state index in [9.17, 15) is 23.2 Å². The molecule has 1 N–H and O–H groups in total. The van der Waals surface area contributed by atoms with Gasteiger partial charge in [0.2, 0.25) is 5.91 Å². The Balaban J connectivity index is 1.41. The van der Waals surface area contributed by atoms with Crippen LogP contribution in [0.4, 0.5) is 18.9 Å². The highest BCUT2D eigenvalue weighted by Crippen LogP contribution is 2.39. The SMILES string of the molecule is N#CN1[C@H]2CC[C@@H]1[C@H](NC(=O)[C@H]1CCN(c3cc(C(F)(F)F)ccc3Cl)C1)C2. The van der Waals surface area contributed by atoms with Gasteiger partial charge < -0.3 is 15.1 Å². The first kappa shape index (κ1) is 19.2. The van der Waals surface area contributed by atoms with E-state index in [1.807, 2.05) is 0 Å². The topological polar surface area (TPSA) is 59.4 Å². The van der Waals surface area contributed by atoms with E-state index < -0.39 is 11.7 Å². The van der Waals surface area contributed by atoms with Gasteiger partial charge in [-0.25, -0.2) is 0 Å². The van der Waals surface area contributed by atoms with Crippen molar-refractivity contribution in [2.24, 2.45) is 5.92 Å². The Morgan fingerprint density at radius 2 is 2.07 bits per heavy atom. The quantitative estimate of drug-likeness (QED) is 0.773. The van der Waals surface area contributed by atoms with Crippen LogP contribution in [0.2, 0.25) is 5.02 Å². The Kier molecular flexibility index (Phi) is 4.82. The van der Waals surface area contributed by atoms with Crippen molar-refractivity contribution in [1.29, 1.82) is 5.26 Å². The van der Waals surface area contributed by atoms with Crippen molar-refractivity contribution in [2.75, 3.05) is 18.0 Å². The molecule has 28 heavy (non-hydrogen) atoms.